The molecule has 0 saturated heterocycles. The number of hydrogen-bond donors (Lipinski definition) is 1. The van der Waals surface area contributed by atoms with Crippen molar-refractivity contribution in [3.63, 3.8) is 0 Å². The third-order valence-electron chi connectivity index (χ3n) is 4.95. The van der Waals surface area contributed by atoms with Gasteiger partial charge in [0.1, 0.15) is 16.9 Å². The molecule has 0 amide bonds. The van der Waals surface area contributed by atoms with Gasteiger partial charge in [0.2, 0.25) is 0 Å². The summed E-state index contributed by atoms with van der Waals surface area (Å²) in [5.41, 5.74) is 4.46. The van der Waals surface area contributed by atoms with E-state index in [1.165, 1.54) is 0 Å². The Morgan fingerprint density at radius 2 is 2.17 bits per heavy atom. The van der Waals surface area contributed by atoms with Crippen molar-refractivity contribution in [2.24, 2.45) is 5.10 Å². The number of hydrogen-bond acceptors (Lipinski definition) is 6. The second-order valence-corrected chi connectivity index (χ2v) is 8.19. The summed E-state index contributed by atoms with van der Waals surface area (Å²) >= 11 is 1.62. The van der Waals surface area contributed by atoms with Gasteiger partial charge in [-0.15, -0.1) is 0 Å². The fourth-order valence-electron chi connectivity index (χ4n) is 3.12. The number of carboxylic acid groups (broad SMARTS) is 1. The van der Waals surface area contributed by atoms with Crippen LogP contribution in [-0.2, 0) is 11.2 Å². The van der Waals surface area contributed by atoms with Gasteiger partial charge in [-0.3, -0.25) is 9.80 Å². The van der Waals surface area contributed by atoms with E-state index in [-0.39, 0.29) is 12.5 Å². The average molecular weight is 424 g/mol. The van der Waals surface area contributed by atoms with Gasteiger partial charge in [0, 0.05) is 12.0 Å². The van der Waals surface area contributed by atoms with Crippen LogP contribution in [0.2, 0.25) is 0 Å². The Bertz CT molecular complexity index is 1010. The Morgan fingerprint density at radius 3 is 2.83 bits per heavy atom. The molecular weight excluding hydrogens is 398 g/mol. The molecule has 30 heavy (non-hydrogen) atoms. The molecular formula is C23H25N3O3S. The average Bonchev–Trinajstić information content (AvgIpc) is 3.22. The van der Waals surface area contributed by atoms with Crippen molar-refractivity contribution in [1.82, 2.24) is 0 Å². The minimum Gasteiger partial charge on any atom is -0.489 e. The highest BCUT2D eigenvalue weighted by atomic mass is 32.2. The molecule has 1 atom stereocenters. The van der Waals surface area contributed by atoms with E-state index >= 15 is 0 Å². The monoisotopic (exact) mass is 423 g/mol. The molecule has 0 radical (unpaired) electrons. The highest BCUT2D eigenvalue weighted by Crippen LogP contribution is 2.32. The lowest BCUT2D eigenvalue weighted by atomic mass is 10.1. The van der Waals surface area contributed by atoms with Crippen LogP contribution >= 0.6 is 11.8 Å². The maximum Gasteiger partial charge on any atom is 0.303 e. The van der Waals surface area contributed by atoms with E-state index in [1.807, 2.05) is 62.2 Å². The predicted octanol–water partition coefficient (Wildman–Crippen LogP) is 4.93. The lowest BCUT2D eigenvalue weighted by Crippen LogP contribution is -2.12. The number of ether oxygens (including phenoxy) is 1. The van der Waals surface area contributed by atoms with E-state index in [1.54, 1.807) is 11.8 Å². The van der Waals surface area contributed by atoms with Crippen LogP contribution in [0.15, 0.2) is 41.5 Å². The van der Waals surface area contributed by atoms with Gasteiger partial charge in [-0.1, -0.05) is 30.8 Å². The molecule has 3 rings (SSSR count). The van der Waals surface area contributed by atoms with Gasteiger partial charge < -0.3 is 9.84 Å². The molecule has 0 bridgehead atoms. The molecule has 1 aliphatic heterocycles. The van der Waals surface area contributed by atoms with Gasteiger partial charge >= 0.3 is 5.97 Å². The van der Waals surface area contributed by atoms with Crippen LogP contribution in [0.25, 0.3) is 0 Å². The minimum absolute atomic E-state index is 0.0538. The van der Waals surface area contributed by atoms with Gasteiger partial charge in [0.25, 0.3) is 0 Å². The number of carbonyl (C=O) groups is 1. The summed E-state index contributed by atoms with van der Waals surface area (Å²) < 4.78 is 5.84. The van der Waals surface area contributed by atoms with E-state index in [4.69, 9.17) is 14.9 Å². The van der Waals surface area contributed by atoms with Crippen LogP contribution in [0.4, 0.5) is 5.69 Å². The van der Waals surface area contributed by atoms with Gasteiger partial charge in [-0.2, -0.15) is 10.4 Å². The van der Waals surface area contributed by atoms with Crippen LogP contribution in [0.1, 0.15) is 48.9 Å². The third-order valence-corrected chi connectivity index (χ3v) is 5.92. The number of nitrogens with zero attached hydrogens (tertiary/aromatic N) is 3. The van der Waals surface area contributed by atoms with Crippen LogP contribution in [0, 0.1) is 18.3 Å². The molecule has 6 nitrogen and oxygen atoms in total. The fourth-order valence-corrected chi connectivity index (χ4v) is 4.01. The Balaban J connectivity index is 1.79. The number of rotatable bonds is 8. The SMILES string of the molecule is CCC(C)Oc1ccc(C2=NN(c3ccc(CCC(=O)O)cc3C)CS2)cc1C#N. The molecule has 1 unspecified atom stereocenters. The maximum atomic E-state index is 10.8. The molecule has 156 valence electrons. The summed E-state index contributed by atoms with van der Waals surface area (Å²) in [6.07, 6.45) is 1.57. The Kier molecular flexibility index (Phi) is 7.01. The molecule has 2 aromatic rings. The number of thioether (sulfide) groups is 1. The van der Waals surface area contributed by atoms with Crippen molar-refractivity contribution in [3.05, 3.63) is 58.7 Å². The van der Waals surface area contributed by atoms with Crippen molar-refractivity contribution < 1.29 is 14.6 Å². The molecule has 1 aliphatic rings. The lowest BCUT2D eigenvalue weighted by molar-refractivity contribution is -0.136. The number of anilines is 1. The number of aliphatic carboxylic acids is 1. The van der Waals surface area contributed by atoms with Crippen LogP contribution in [0.3, 0.4) is 0 Å². The first kappa shape index (κ1) is 21.7. The fraction of sp³-hybridized carbons (Fsp3) is 0.348. The first-order valence-corrected chi connectivity index (χ1v) is 10.9. The molecule has 0 spiro atoms. The minimum atomic E-state index is -0.792. The second kappa shape index (κ2) is 9.68. The van der Waals surface area contributed by atoms with E-state index in [0.717, 1.165) is 33.8 Å². The summed E-state index contributed by atoms with van der Waals surface area (Å²) in [6.45, 7) is 6.04. The van der Waals surface area contributed by atoms with Crippen molar-refractivity contribution in [3.8, 4) is 11.8 Å². The van der Waals surface area contributed by atoms with Crippen molar-refractivity contribution in [1.29, 1.82) is 5.26 Å². The zero-order chi connectivity index (χ0) is 21.7. The maximum absolute atomic E-state index is 10.8. The van der Waals surface area contributed by atoms with Gasteiger partial charge in [-0.25, -0.2) is 0 Å². The topological polar surface area (TPSA) is 85.9 Å². The van der Waals surface area contributed by atoms with E-state index in [9.17, 15) is 10.1 Å². The van der Waals surface area contributed by atoms with E-state index in [2.05, 4.69) is 6.07 Å². The van der Waals surface area contributed by atoms with Crippen molar-refractivity contribution in [2.45, 2.75) is 46.1 Å². The smallest absolute Gasteiger partial charge is 0.303 e. The molecule has 0 aromatic heterocycles. The zero-order valence-electron chi connectivity index (χ0n) is 17.4. The number of carboxylic acids is 1. The molecule has 1 N–H and O–H groups in total. The molecule has 7 heteroatoms. The van der Waals surface area contributed by atoms with Crippen molar-refractivity contribution in [2.75, 3.05) is 10.9 Å². The van der Waals surface area contributed by atoms with Crippen LogP contribution < -0.4 is 9.75 Å². The quantitative estimate of drug-likeness (QED) is 0.648. The van der Waals surface area contributed by atoms with Crippen LogP contribution in [0.5, 0.6) is 5.75 Å². The summed E-state index contributed by atoms with van der Waals surface area (Å²) in [6, 6.07) is 13.8. The van der Waals surface area contributed by atoms with Gasteiger partial charge in [0.05, 0.1) is 23.2 Å². The molecule has 2 aromatic carbocycles. The molecule has 1 heterocycles. The Morgan fingerprint density at radius 1 is 1.37 bits per heavy atom. The summed E-state index contributed by atoms with van der Waals surface area (Å²) in [5.74, 6) is 0.487. The zero-order valence-corrected chi connectivity index (χ0v) is 18.2. The predicted molar refractivity (Wildman–Crippen MR) is 120 cm³/mol. The number of benzene rings is 2. The third kappa shape index (κ3) is 5.14. The Labute approximate surface area is 181 Å². The standard InChI is InChI=1S/C23H25N3O3S/c1-4-16(3)29-21-9-7-18(12-19(21)13-24)23-25-26(14-30-23)20-8-5-17(11-15(20)2)6-10-22(27)28/h5,7-9,11-12,16H,4,6,10,14H2,1-3H3,(H,27,28). The van der Waals surface area contributed by atoms with Crippen molar-refractivity contribution >= 4 is 28.5 Å². The summed E-state index contributed by atoms with van der Waals surface area (Å²) in [7, 11) is 0. The van der Waals surface area contributed by atoms with E-state index in [0.29, 0.717) is 23.6 Å². The summed E-state index contributed by atoms with van der Waals surface area (Å²) in [4.78, 5) is 10.8. The van der Waals surface area contributed by atoms with Gasteiger partial charge in [-0.05, 0) is 62.1 Å². The van der Waals surface area contributed by atoms with E-state index < -0.39 is 5.97 Å². The first-order valence-electron chi connectivity index (χ1n) is 9.92. The largest absolute Gasteiger partial charge is 0.489 e. The molecule has 0 saturated carbocycles. The molecule has 0 fully saturated rings. The highest BCUT2D eigenvalue weighted by Gasteiger charge is 2.21. The normalized spacial score (nSPS) is 14.2. The number of aryl methyl sites for hydroxylation is 2. The first-order chi connectivity index (χ1) is 14.4. The molecule has 0 aliphatic carbocycles. The lowest BCUT2D eigenvalue weighted by Gasteiger charge is -2.16. The number of hydrazone groups is 1. The number of nitriles is 1. The van der Waals surface area contributed by atoms with Crippen LogP contribution in [-0.4, -0.2) is 28.1 Å². The Hall–Kier alpha value is -2.98. The highest BCUT2D eigenvalue weighted by molar-refractivity contribution is 8.14. The van der Waals surface area contributed by atoms with Gasteiger partial charge in [0.15, 0.2) is 0 Å². The second-order valence-electron chi connectivity index (χ2n) is 7.25. The summed E-state index contributed by atoms with van der Waals surface area (Å²) in [5, 5.41) is 25.9.